The predicted octanol–water partition coefficient (Wildman–Crippen LogP) is 3.70. The first-order chi connectivity index (χ1) is 9.81. The van der Waals surface area contributed by atoms with Crippen molar-refractivity contribution in [2.45, 2.75) is 51.2 Å². The quantitative estimate of drug-likeness (QED) is 0.735. The SMILES string of the molecule is COCCCNC(C)c1ccccc1OC1CCCC1. The second-order valence-corrected chi connectivity index (χ2v) is 5.58. The van der Waals surface area contributed by atoms with Gasteiger partial charge in [0, 0.05) is 25.3 Å². The molecule has 3 heteroatoms. The fraction of sp³-hybridized carbons (Fsp3) is 0.647. The van der Waals surface area contributed by atoms with E-state index in [2.05, 4.69) is 36.5 Å². The highest BCUT2D eigenvalue weighted by Crippen LogP contribution is 2.29. The molecule has 112 valence electrons. The minimum absolute atomic E-state index is 0.310. The van der Waals surface area contributed by atoms with Gasteiger partial charge in [0.1, 0.15) is 5.75 Å². The zero-order chi connectivity index (χ0) is 14.2. The van der Waals surface area contributed by atoms with E-state index < -0.39 is 0 Å². The van der Waals surface area contributed by atoms with Crippen LogP contribution in [-0.2, 0) is 4.74 Å². The van der Waals surface area contributed by atoms with Gasteiger partial charge in [-0.3, -0.25) is 0 Å². The van der Waals surface area contributed by atoms with E-state index in [0.29, 0.717) is 12.1 Å². The fourth-order valence-electron chi connectivity index (χ4n) is 2.78. The summed E-state index contributed by atoms with van der Waals surface area (Å²) in [5.74, 6) is 1.05. The van der Waals surface area contributed by atoms with Gasteiger partial charge in [0.2, 0.25) is 0 Å². The first-order valence-electron chi connectivity index (χ1n) is 7.79. The molecular weight excluding hydrogens is 250 g/mol. The maximum atomic E-state index is 6.19. The number of ether oxygens (including phenoxy) is 2. The topological polar surface area (TPSA) is 30.5 Å². The van der Waals surface area contributed by atoms with Crippen LogP contribution in [0.15, 0.2) is 24.3 Å². The number of para-hydroxylation sites is 1. The Bertz CT molecular complexity index is 388. The van der Waals surface area contributed by atoms with Crippen LogP contribution in [0.2, 0.25) is 0 Å². The zero-order valence-corrected chi connectivity index (χ0v) is 12.7. The van der Waals surface area contributed by atoms with E-state index in [1.54, 1.807) is 7.11 Å². The molecule has 1 aliphatic rings. The summed E-state index contributed by atoms with van der Waals surface area (Å²) in [7, 11) is 1.74. The van der Waals surface area contributed by atoms with Crippen LogP contribution in [0.4, 0.5) is 0 Å². The molecule has 1 unspecified atom stereocenters. The van der Waals surface area contributed by atoms with Crippen molar-refractivity contribution >= 4 is 0 Å². The molecule has 1 saturated carbocycles. The standard InChI is InChI=1S/C17H27NO2/c1-14(18-12-7-13-19-2)16-10-5-6-11-17(16)20-15-8-3-4-9-15/h5-6,10-11,14-15,18H,3-4,7-9,12-13H2,1-2H3. The normalized spacial score (nSPS) is 17.3. The van der Waals surface area contributed by atoms with Crippen LogP contribution in [0.5, 0.6) is 5.75 Å². The minimum Gasteiger partial charge on any atom is -0.490 e. The molecule has 1 fully saturated rings. The van der Waals surface area contributed by atoms with Crippen molar-refractivity contribution in [3.63, 3.8) is 0 Å². The second kappa shape index (κ2) is 8.28. The molecule has 0 aromatic heterocycles. The highest BCUT2D eigenvalue weighted by atomic mass is 16.5. The van der Waals surface area contributed by atoms with Crippen LogP contribution in [-0.4, -0.2) is 26.4 Å². The highest BCUT2D eigenvalue weighted by molar-refractivity contribution is 5.35. The second-order valence-electron chi connectivity index (χ2n) is 5.58. The molecule has 0 bridgehead atoms. The van der Waals surface area contributed by atoms with Gasteiger partial charge in [-0.1, -0.05) is 18.2 Å². The summed E-state index contributed by atoms with van der Waals surface area (Å²) in [6.45, 7) is 3.97. The molecule has 0 aliphatic heterocycles. The van der Waals surface area contributed by atoms with Crippen LogP contribution < -0.4 is 10.1 Å². The minimum atomic E-state index is 0.310. The molecule has 1 aromatic carbocycles. The Morgan fingerprint density at radius 2 is 2.00 bits per heavy atom. The van der Waals surface area contributed by atoms with Crippen molar-refractivity contribution in [2.75, 3.05) is 20.3 Å². The van der Waals surface area contributed by atoms with Crippen molar-refractivity contribution in [3.8, 4) is 5.75 Å². The van der Waals surface area contributed by atoms with Crippen LogP contribution in [0, 0.1) is 0 Å². The molecule has 0 saturated heterocycles. The largest absolute Gasteiger partial charge is 0.490 e. The summed E-state index contributed by atoms with van der Waals surface area (Å²) in [6, 6.07) is 8.72. The molecule has 1 atom stereocenters. The summed E-state index contributed by atoms with van der Waals surface area (Å²) >= 11 is 0. The number of rotatable bonds is 8. The van der Waals surface area contributed by atoms with E-state index in [0.717, 1.165) is 25.3 Å². The third kappa shape index (κ3) is 4.50. The third-order valence-electron chi connectivity index (χ3n) is 3.96. The smallest absolute Gasteiger partial charge is 0.124 e. The average molecular weight is 277 g/mol. The summed E-state index contributed by atoms with van der Waals surface area (Å²) in [6.07, 6.45) is 6.45. The summed E-state index contributed by atoms with van der Waals surface area (Å²) in [4.78, 5) is 0. The summed E-state index contributed by atoms with van der Waals surface area (Å²) in [5, 5.41) is 3.54. The van der Waals surface area contributed by atoms with E-state index in [4.69, 9.17) is 9.47 Å². The Morgan fingerprint density at radius 1 is 1.25 bits per heavy atom. The van der Waals surface area contributed by atoms with Crippen molar-refractivity contribution in [2.24, 2.45) is 0 Å². The number of nitrogens with one attached hydrogen (secondary N) is 1. The molecule has 0 radical (unpaired) electrons. The number of methoxy groups -OCH3 is 1. The lowest BCUT2D eigenvalue weighted by Gasteiger charge is -2.21. The van der Waals surface area contributed by atoms with Crippen molar-refractivity contribution < 1.29 is 9.47 Å². The monoisotopic (exact) mass is 277 g/mol. The predicted molar refractivity (Wildman–Crippen MR) is 82.2 cm³/mol. The Kier molecular flexibility index (Phi) is 6.34. The van der Waals surface area contributed by atoms with E-state index in [1.165, 1.54) is 31.2 Å². The van der Waals surface area contributed by atoms with Gasteiger partial charge >= 0.3 is 0 Å². The van der Waals surface area contributed by atoms with Gasteiger partial charge < -0.3 is 14.8 Å². The lowest BCUT2D eigenvalue weighted by Crippen LogP contribution is -2.22. The van der Waals surface area contributed by atoms with Crippen LogP contribution in [0.3, 0.4) is 0 Å². The molecular formula is C17H27NO2. The summed E-state index contributed by atoms with van der Waals surface area (Å²) < 4.78 is 11.3. The number of hydrogen-bond donors (Lipinski definition) is 1. The van der Waals surface area contributed by atoms with Gasteiger partial charge in [-0.05, 0) is 51.6 Å². The number of hydrogen-bond acceptors (Lipinski definition) is 3. The van der Waals surface area contributed by atoms with Gasteiger partial charge in [0.25, 0.3) is 0 Å². The van der Waals surface area contributed by atoms with E-state index in [1.807, 2.05) is 0 Å². The fourth-order valence-corrected chi connectivity index (χ4v) is 2.78. The lowest BCUT2D eigenvalue weighted by molar-refractivity contribution is 0.192. The van der Waals surface area contributed by atoms with Crippen molar-refractivity contribution in [1.82, 2.24) is 5.32 Å². The molecule has 0 spiro atoms. The van der Waals surface area contributed by atoms with Gasteiger partial charge in [-0.25, -0.2) is 0 Å². The molecule has 1 N–H and O–H groups in total. The van der Waals surface area contributed by atoms with E-state index in [-0.39, 0.29) is 0 Å². The van der Waals surface area contributed by atoms with Gasteiger partial charge in [0.15, 0.2) is 0 Å². The number of benzene rings is 1. The molecule has 1 aromatic rings. The Balaban J connectivity index is 1.91. The Hall–Kier alpha value is -1.06. The molecule has 3 nitrogen and oxygen atoms in total. The molecule has 0 amide bonds. The molecule has 2 rings (SSSR count). The first kappa shape index (κ1) is 15.3. The van der Waals surface area contributed by atoms with Crippen molar-refractivity contribution in [3.05, 3.63) is 29.8 Å². The third-order valence-corrected chi connectivity index (χ3v) is 3.96. The highest BCUT2D eigenvalue weighted by Gasteiger charge is 2.19. The van der Waals surface area contributed by atoms with E-state index in [9.17, 15) is 0 Å². The van der Waals surface area contributed by atoms with Gasteiger partial charge in [0.05, 0.1) is 6.10 Å². The van der Waals surface area contributed by atoms with Crippen molar-refractivity contribution in [1.29, 1.82) is 0 Å². The molecule has 1 aliphatic carbocycles. The average Bonchev–Trinajstić information content (AvgIpc) is 2.97. The maximum Gasteiger partial charge on any atom is 0.124 e. The zero-order valence-electron chi connectivity index (χ0n) is 12.7. The van der Waals surface area contributed by atoms with Crippen LogP contribution >= 0.6 is 0 Å². The maximum absolute atomic E-state index is 6.19. The lowest BCUT2D eigenvalue weighted by atomic mass is 10.1. The Labute approximate surface area is 122 Å². The van der Waals surface area contributed by atoms with Crippen LogP contribution in [0.25, 0.3) is 0 Å². The molecule has 20 heavy (non-hydrogen) atoms. The van der Waals surface area contributed by atoms with E-state index >= 15 is 0 Å². The molecule has 0 heterocycles. The van der Waals surface area contributed by atoms with Gasteiger partial charge in [-0.15, -0.1) is 0 Å². The Morgan fingerprint density at radius 3 is 2.75 bits per heavy atom. The first-order valence-corrected chi connectivity index (χ1v) is 7.79. The van der Waals surface area contributed by atoms with Gasteiger partial charge in [-0.2, -0.15) is 0 Å². The van der Waals surface area contributed by atoms with Crippen LogP contribution in [0.1, 0.15) is 50.6 Å². The summed E-state index contributed by atoms with van der Waals surface area (Å²) in [5.41, 5.74) is 1.26.